The van der Waals surface area contributed by atoms with Crippen LogP contribution in [-0.4, -0.2) is 18.5 Å². The Bertz CT molecular complexity index is 489. The standard InChI is InChI=1S/C7H6ClF2NO3S/c1-3-2-4(12)7(15(8,13)14)11-5(3)6(9)10/h2,6,12H,1H3. The number of nitrogens with zero attached hydrogens (tertiary/aromatic N) is 1. The van der Waals surface area contributed by atoms with E-state index >= 15 is 0 Å². The molecule has 1 aromatic heterocycles. The van der Waals surface area contributed by atoms with Crippen LogP contribution in [0.1, 0.15) is 17.7 Å². The highest BCUT2D eigenvalue weighted by Gasteiger charge is 2.23. The van der Waals surface area contributed by atoms with Crippen molar-refractivity contribution >= 4 is 19.7 Å². The van der Waals surface area contributed by atoms with Gasteiger partial charge in [-0.1, -0.05) is 0 Å². The summed E-state index contributed by atoms with van der Waals surface area (Å²) in [6.45, 7) is 1.28. The summed E-state index contributed by atoms with van der Waals surface area (Å²) in [4.78, 5) is 3.12. The highest BCUT2D eigenvalue weighted by Crippen LogP contribution is 2.29. The van der Waals surface area contributed by atoms with Crippen LogP contribution >= 0.6 is 10.7 Å². The molecule has 0 spiro atoms. The van der Waals surface area contributed by atoms with Gasteiger partial charge in [0.25, 0.3) is 15.5 Å². The molecular weight excluding hydrogens is 252 g/mol. The Morgan fingerprint density at radius 2 is 2.07 bits per heavy atom. The van der Waals surface area contributed by atoms with Crippen LogP contribution in [0.4, 0.5) is 8.78 Å². The first-order valence-electron chi connectivity index (χ1n) is 3.67. The number of aryl methyl sites for hydroxylation is 1. The molecule has 1 rings (SSSR count). The normalized spacial score (nSPS) is 12.1. The molecule has 8 heteroatoms. The Hall–Kier alpha value is -0.950. The van der Waals surface area contributed by atoms with Crippen molar-refractivity contribution in [2.24, 2.45) is 0 Å². The highest BCUT2D eigenvalue weighted by atomic mass is 35.7. The lowest BCUT2D eigenvalue weighted by atomic mass is 10.2. The lowest BCUT2D eigenvalue weighted by molar-refractivity contribution is 0.144. The summed E-state index contributed by atoms with van der Waals surface area (Å²) in [5.41, 5.74) is -0.724. The molecule has 0 aliphatic rings. The van der Waals surface area contributed by atoms with E-state index < -0.39 is 31.9 Å². The number of alkyl halides is 2. The van der Waals surface area contributed by atoms with Crippen LogP contribution in [0, 0.1) is 6.92 Å². The molecule has 4 nitrogen and oxygen atoms in total. The van der Waals surface area contributed by atoms with E-state index in [-0.39, 0.29) is 5.56 Å². The van der Waals surface area contributed by atoms with Gasteiger partial charge in [-0.3, -0.25) is 0 Å². The van der Waals surface area contributed by atoms with E-state index in [0.717, 1.165) is 6.07 Å². The van der Waals surface area contributed by atoms with Gasteiger partial charge in [-0.15, -0.1) is 0 Å². The Kier molecular flexibility index (Phi) is 3.15. The van der Waals surface area contributed by atoms with Gasteiger partial charge in [-0.2, -0.15) is 0 Å². The number of halogens is 3. The van der Waals surface area contributed by atoms with Crippen molar-refractivity contribution in [3.8, 4) is 5.75 Å². The van der Waals surface area contributed by atoms with Crippen LogP contribution in [-0.2, 0) is 9.05 Å². The molecule has 1 heterocycles. The van der Waals surface area contributed by atoms with E-state index in [9.17, 15) is 17.2 Å². The van der Waals surface area contributed by atoms with Gasteiger partial charge in [0.2, 0.25) is 5.03 Å². The Balaban J connectivity index is 3.50. The molecule has 15 heavy (non-hydrogen) atoms. The number of pyridine rings is 1. The zero-order chi connectivity index (χ0) is 11.8. The van der Waals surface area contributed by atoms with Crippen molar-refractivity contribution in [1.29, 1.82) is 0 Å². The van der Waals surface area contributed by atoms with Gasteiger partial charge in [0.15, 0.2) is 5.75 Å². The summed E-state index contributed by atoms with van der Waals surface area (Å²) in [6.07, 6.45) is -2.93. The maximum atomic E-state index is 12.3. The lowest BCUT2D eigenvalue weighted by Gasteiger charge is -2.06. The second-order valence-electron chi connectivity index (χ2n) is 2.75. The van der Waals surface area contributed by atoms with E-state index in [2.05, 4.69) is 4.98 Å². The molecule has 0 bridgehead atoms. The molecule has 0 aliphatic carbocycles. The van der Waals surface area contributed by atoms with Gasteiger partial charge >= 0.3 is 0 Å². The summed E-state index contributed by atoms with van der Waals surface area (Å²) in [6, 6.07) is 0.879. The van der Waals surface area contributed by atoms with Gasteiger partial charge in [0, 0.05) is 10.7 Å². The molecular formula is C7H6ClF2NO3S. The zero-order valence-corrected chi connectivity index (χ0v) is 8.98. The second-order valence-corrected chi connectivity index (χ2v) is 5.23. The summed E-state index contributed by atoms with van der Waals surface area (Å²) in [7, 11) is 0.569. The monoisotopic (exact) mass is 257 g/mol. The van der Waals surface area contributed by atoms with Crippen LogP contribution < -0.4 is 0 Å². The minimum Gasteiger partial charge on any atom is -0.505 e. The molecule has 0 unspecified atom stereocenters. The third kappa shape index (κ3) is 2.54. The summed E-state index contributed by atoms with van der Waals surface area (Å²) in [5, 5.41) is 8.21. The fourth-order valence-electron chi connectivity index (χ4n) is 0.996. The molecule has 0 saturated carbocycles. The van der Waals surface area contributed by atoms with Gasteiger partial charge in [0.05, 0.1) is 0 Å². The predicted octanol–water partition coefficient (Wildman–Crippen LogP) is 1.96. The van der Waals surface area contributed by atoms with Crippen LogP contribution in [0.15, 0.2) is 11.1 Å². The van der Waals surface area contributed by atoms with E-state index in [1.54, 1.807) is 0 Å². The first-order valence-corrected chi connectivity index (χ1v) is 5.97. The first-order chi connectivity index (χ1) is 6.73. The molecule has 1 N–H and O–H groups in total. The molecule has 0 amide bonds. The smallest absolute Gasteiger partial charge is 0.282 e. The number of hydrogen-bond donors (Lipinski definition) is 1. The van der Waals surface area contributed by atoms with E-state index in [0.29, 0.717) is 0 Å². The van der Waals surface area contributed by atoms with E-state index in [4.69, 9.17) is 15.8 Å². The van der Waals surface area contributed by atoms with Crippen LogP contribution in [0.2, 0.25) is 0 Å². The predicted molar refractivity (Wildman–Crippen MR) is 48.6 cm³/mol. The molecule has 0 aliphatic heterocycles. The third-order valence-electron chi connectivity index (χ3n) is 1.64. The third-order valence-corrected chi connectivity index (χ3v) is 2.84. The van der Waals surface area contributed by atoms with Crippen LogP contribution in [0.5, 0.6) is 5.75 Å². The SMILES string of the molecule is Cc1cc(O)c(S(=O)(=O)Cl)nc1C(F)F. The molecule has 0 saturated heterocycles. The minimum absolute atomic E-state index is 0.00781. The molecule has 0 atom stereocenters. The second kappa shape index (κ2) is 3.90. The van der Waals surface area contributed by atoms with Crippen molar-refractivity contribution in [3.05, 3.63) is 17.3 Å². The highest BCUT2D eigenvalue weighted by molar-refractivity contribution is 8.13. The number of hydrogen-bond acceptors (Lipinski definition) is 4. The average molecular weight is 258 g/mol. The minimum atomic E-state index is -4.33. The van der Waals surface area contributed by atoms with Crippen molar-refractivity contribution < 1.29 is 22.3 Å². The maximum Gasteiger partial charge on any atom is 0.282 e. The molecule has 0 fully saturated rings. The van der Waals surface area contributed by atoms with Crippen molar-refractivity contribution in [2.75, 3.05) is 0 Å². The van der Waals surface area contributed by atoms with Crippen LogP contribution in [0.3, 0.4) is 0 Å². The van der Waals surface area contributed by atoms with Crippen molar-refractivity contribution in [1.82, 2.24) is 4.98 Å². The van der Waals surface area contributed by atoms with Gasteiger partial charge in [-0.05, 0) is 18.6 Å². The molecule has 0 aromatic carbocycles. The topological polar surface area (TPSA) is 67.3 Å². The fourth-order valence-corrected chi connectivity index (χ4v) is 1.85. The number of aromatic nitrogens is 1. The number of aromatic hydroxyl groups is 1. The Morgan fingerprint density at radius 3 is 2.47 bits per heavy atom. The lowest BCUT2D eigenvalue weighted by Crippen LogP contribution is -2.02. The molecule has 1 aromatic rings. The van der Waals surface area contributed by atoms with E-state index in [1.165, 1.54) is 6.92 Å². The quantitative estimate of drug-likeness (QED) is 0.823. The van der Waals surface area contributed by atoms with Gasteiger partial charge in [0.1, 0.15) is 5.69 Å². The van der Waals surface area contributed by atoms with Gasteiger partial charge < -0.3 is 5.11 Å². The fraction of sp³-hybridized carbons (Fsp3) is 0.286. The molecule has 0 radical (unpaired) electrons. The van der Waals surface area contributed by atoms with Crippen molar-refractivity contribution in [3.63, 3.8) is 0 Å². The first kappa shape index (κ1) is 12.1. The summed E-state index contributed by atoms with van der Waals surface area (Å²) in [5.74, 6) is -0.744. The van der Waals surface area contributed by atoms with Gasteiger partial charge in [-0.25, -0.2) is 22.2 Å². The zero-order valence-electron chi connectivity index (χ0n) is 7.41. The summed E-state index contributed by atoms with van der Waals surface area (Å²) < 4.78 is 46.4. The summed E-state index contributed by atoms with van der Waals surface area (Å²) >= 11 is 0. The number of rotatable bonds is 2. The maximum absolute atomic E-state index is 12.3. The average Bonchev–Trinajstić information content (AvgIpc) is 2.00. The Morgan fingerprint density at radius 1 is 1.53 bits per heavy atom. The molecule has 84 valence electrons. The van der Waals surface area contributed by atoms with Crippen molar-refractivity contribution in [2.45, 2.75) is 18.4 Å². The van der Waals surface area contributed by atoms with E-state index in [1.807, 2.05) is 0 Å². The Labute approximate surface area is 88.9 Å². The largest absolute Gasteiger partial charge is 0.505 e. The van der Waals surface area contributed by atoms with Crippen LogP contribution in [0.25, 0.3) is 0 Å².